The second kappa shape index (κ2) is 2.54. The van der Waals surface area contributed by atoms with E-state index in [1.54, 1.807) is 14.2 Å². The van der Waals surface area contributed by atoms with Crippen LogP contribution in [0.1, 0.15) is 19.3 Å². The van der Waals surface area contributed by atoms with E-state index >= 15 is 0 Å². The molecule has 2 saturated carbocycles. The Morgan fingerprint density at radius 1 is 1.33 bits per heavy atom. The van der Waals surface area contributed by atoms with Crippen LogP contribution in [0.5, 0.6) is 0 Å². The summed E-state index contributed by atoms with van der Waals surface area (Å²) in [5, 5.41) is 0. The summed E-state index contributed by atoms with van der Waals surface area (Å²) in [5.74, 6) is 0.0364. The Kier molecular flexibility index (Phi) is 1.73. The zero-order valence-corrected chi connectivity index (χ0v) is 7.50. The molecular weight excluding hydrogens is 156 g/mol. The molecule has 0 heterocycles. The molecule has 0 spiro atoms. The molecule has 0 saturated heterocycles. The van der Waals surface area contributed by atoms with Gasteiger partial charge in [-0.15, -0.1) is 0 Å². The van der Waals surface area contributed by atoms with Crippen molar-refractivity contribution in [1.82, 2.24) is 0 Å². The number of carbonyl (C=O) groups excluding carboxylic acids is 1. The van der Waals surface area contributed by atoms with E-state index in [1.165, 1.54) is 0 Å². The lowest BCUT2D eigenvalue weighted by atomic mass is 10.00. The maximum atomic E-state index is 11.4. The second-order valence-electron chi connectivity index (χ2n) is 3.63. The fourth-order valence-corrected chi connectivity index (χ4v) is 2.77. The Morgan fingerprint density at radius 2 is 2.00 bits per heavy atom. The molecule has 0 N–H and O–H groups in total. The average molecular weight is 170 g/mol. The van der Waals surface area contributed by atoms with E-state index in [9.17, 15) is 4.79 Å². The Hall–Kier alpha value is -0.410. The van der Waals surface area contributed by atoms with Crippen LogP contribution in [-0.4, -0.2) is 25.8 Å². The van der Waals surface area contributed by atoms with Crippen LogP contribution in [0.25, 0.3) is 0 Å². The molecule has 68 valence electrons. The number of fused-ring (bicyclic) bond motifs is 2. The molecule has 0 aromatic rings. The molecule has 2 fully saturated rings. The summed E-state index contributed by atoms with van der Waals surface area (Å²) < 4.78 is 10.7. The highest BCUT2D eigenvalue weighted by molar-refractivity contribution is 5.86. The number of ether oxygens (including phenoxy) is 2. The maximum Gasteiger partial charge on any atom is 0.180 e. The summed E-state index contributed by atoms with van der Waals surface area (Å²) >= 11 is 0. The van der Waals surface area contributed by atoms with Crippen LogP contribution in [0.4, 0.5) is 0 Å². The normalized spacial score (nSPS) is 37.7. The first-order chi connectivity index (χ1) is 5.74. The predicted molar refractivity (Wildman–Crippen MR) is 42.6 cm³/mol. The Morgan fingerprint density at radius 3 is 2.25 bits per heavy atom. The molecule has 2 bridgehead atoms. The quantitative estimate of drug-likeness (QED) is 0.579. The molecule has 0 aromatic carbocycles. The molecular formula is C9H14O3. The molecule has 2 rings (SSSR count). The molecule has 3 nitrogen and oxygen atoms in total. The lowest BCUT2D eigenvalue weighted by Gasteiger charge is -2.30. The van der Waals surface area contributed by atoms with Gasteiger partial charge in [-0.05, 0) is 12.8 Å². The first-order valence-electron chi connectivity index (χ1n) is 4.37. The van der Waals surface area contributed by atoms with Gasteiger partial charge in [-0.2, -0.15) is 0 Å². The first kappa shape index (κ1) is 8.20. The van der Waals surface area contributed by atoms with Crippen molar-refractivity contribution in [1.29, 1.82) is 0 Å². The van der Waals surface area contributed by atoms with Gasteiger partial charge in [0.1, 0.15) is 5.78 Å². The van der Waals surface area contributed by atoms with Crippen molar-refractivity contribution < 1.29 is 14.3 Å². The molecule has 0 aromatic heterocycles. The minimum Gasteiger partial charge on any atom is -0.352 e. The highest BCUT2D eigenvalue weighted by Gasteiger charge is 2.60. The van der Waals surface area contributed by atoms with Gasteiger partial charge in [0.15, 0.2) is 5.79 Å². The van der Waals surface area contributed by atoms with E-state index in [0.29, 0.717) is 18.1 Å². The first-order valence-corrected chi connectivity index (χ1v) is 4.37. The fourth-order valence-electron chi connectivity index (χ4n) is 2.77. The van der Waals surface area contributed by atoms with Crippen molar-refractivity contribution in [2.45, 2.75) is 25.0 Å². The lowest BCUT2D eigenvalue weighted by Crippen LogP contribution is -2.39. The number of methoxy groups -OCH3 is 2. The van der Waals surface area contributed by atoms with E-state index < -0.39 is 5.79 Å². The van der Waals surface area contributed by atoms with Gasteiger partial charge >= 0.3 is 0 Å². The van der Waals surface area contributed by atoms with Gasteiger partial charge in [0, 0.05) is 26.6 Å². The summed E-state index contributed by atoms with van der Waals surface area (Å²) in [6.07, 6.45) is 2.65. The van der Waals surface area contributed by atoms with Gasteiger partial charge in [0.2, 0.25) is 0 Å². The molecule has 12 heavy (non-hydrogen) atoms. The van der Waals surface area contributed by atoms with Crippen molar-refractivity contribution in [2.24, 2.45) is 11.8 Å². The van der Waals surface area contributed by atoms with Crippen LogP contribution < -0.4 is 0 Å². The van der Waals surface area contributed by atoms with Crippen LogP contribution >= 0.6 is 0 Å². The number of ketones is 1. The average Bonchev–Trinajstić information content (AvgIpc) is 2.56. The SMILES string of the molecule is COC1(OC)C2CC[C@@H]1C(=O)C2. The largest absolute Gasteiger partial charge is 0.352 e. The van der Waals surface area contributed by atoms with Crippen LogP contribution in [0.2, 0.25) is 0 Å². The lowest BCUT2D eigenvalue weighted by molar-refractivity contribution is -0.233. The summed E-state index contributed by atoms with van der Waals surface area (Å²) in [6.45, 7) is 0. The van der Waals surface area contributed by atoms with E-state index in [1.807, 2.05) is 0 Å². The van der Waals surface area contributed by atoms with Crippen molar-refractivity contribution in [3.8, 4) is 0 Å². The number of hydrogen-bond acceptors (Lipinski definition) is 3. The van der Waals surface area contributed by atoms with E-state index in [-0.39, 0.29) is 5.92 Å². The molecule has 1 unspecified atom stereocenters. The van der Waals surface area contributed by atoms with Gasteiger partial charge in [-0.3, -0.25) is 4.79 Å². The molecule has 0 radical (unpaired) electrons. The zero-order chi connectivity index (χ0) is 8.77. The van der Waals surface area contributed by atoms with E-state index in [0.717, 1.165) is 12.8 Å². The molecule has 3 heteroatoms. The van der Waals surface area contributed by atoms with E-state index in [2.05, 4.69) is 0 Å². The standard InChI is InChI=1S/C9H14O3/c1-11-9(12-2)6-3-4-7(9)8(10)5-6/h6-7H,3-5H2,1-2H3/t6?,7-/m1/s1. The second-order valence-corrected chi connectivity index (χ2v) is 3.63. The minimum atomic E-state index is -0.572. The summed E-state index contributed by atoms with van der Waals surface area (Å²) in [4.78, 5) is 11.4. The van der Waals surface area contributed by atoms with Gasteiger partial charge in [0.25, 0.3) is 0 Å². The number of rotatable bonds is 2. The molecule has 0 amide bonds. The summed E-state index contributed by atoms with van der Waals surface area (Å²) in [5.41, 5.74) is 0. The van der Waals surface area contributed by atoms with E-state index in [4.69, 9.17) is 9.47 Å². The third kappa shape index (κ3) is 0.756. The highest BCUT2D eigenvalue weighted by atomic mass is 16.7. The van der Waals surface area contributed by atoms with Gasteiger partial charge in [-0.1, -0.05) is 0 Å². The van der Waals surface area contributed by atoms with Crippen LogP contribution in [0, 0.1) is 11.8 Å². The van der Waals surface area contributed by atoms with Crippen LogP contribution in [0.15, 0.2) is 0 Å². The van der Waals surface area contributed by atoms with Gasteiger partial charge in [-0.25, -0.2) is 0 Å². The van der Waals surface area contributed by atoms with Crippen LogP contribution in [-0.2, 0) is 14.3 Å². The van der Waals surface area contributed by atoms with Crippen molar-refractivity contribution in [2.75, 3.05) is 14.2 Å². The Balaban J connectivity index is 2.32. The third-order valence-electron chi connectivity index (χ3n) is 3.33. The molecule has 2 atom stereocenters. The zero-order valence-electron chi connectivity index (χ0n) is 7.50. The Labute approximate surface area is 72.0 Å². The number of Topliss-reactive ketones (excluding diaryl/α,β-unsaturated/α-hetero) is 1. The molecule has 2 aliphatic rings. The summed E-state index contributed by atoms with van der Waals surface area (Å²) in [7, 11) is 3.26. The summed E-state index contributed by atoms with van der Waals surface area (Å²) in [6, 6.07) is 0. The van der Waals surface area contributed by atoms with Gasteiger partial charge in [0.05, 0.1) is 5.92 Å². The number of hydrogen-bond donors (Lipinski definition) is 0. The number of carbonyl (C=O) groups is 1. The third-order valence-corrected chi connectivity index (χ3v) is 3.33. The van der Waals surface area contributed by atoms with Gasteiger partial charge < -0.3 is 9.47 Å². The topological polar surface area (TPSA) is 35.5 Å². The molecule has 2 aliphatic carbocycles. The molecule has 0 aliphatic heterocycles. The van der Waals surface area contributed by atoms with Crippen LogP contribution in [0.3, 0.4) is 0 Å². The van der Waals surface area contributed by atoms with Crippen molar-refractivity contribution in [3.05, 3.63) is 0 Å². The minimum absolute atomic E-state index is 0.00231. The highest BCUT2D eigenvalue weighted by Crippen LogP contribution is 2.52. The monoisotopic (exact) mass is 170 g/mol. The predicted octanol–water partition coefficient (Wildman–Crippen LogP) is 0.975. The van der Waals surface area contributed by atoms with Crippen molar-refractivity contribution >= 4 is 5.78 Å². The maximum absolute atomic E-state index is 11.4. The van der Waals surface area contributed by atoms with Crippen molar-refractivity contribution in [3.63, 3.8) is 0 Å². The Bertz CT molecular complexity index is 208. The fraction of sp³-hybridized carbons (Fsp3) is 0.889. The smallest absolute Gasteiger partial charge is 0.180 e.